The van der Waals surface area contributed by atoms with Crippen molar-refractivity contribution in [1.82, 2.24) is 0 Å². The quantitative estimate of drug-likeness (QED) is 0.642. The van der Waals surface area contributed by atoms with Gasteiger partial charge in [0.25, 0.3) is 0 Å². The van der Waals surface area contributed by atoms with Crippen LogP contribution in [0.4, 0.5) is 5.69 Å². The minimum atomic E-state index is -0.553. The summed E-state index contributed by atoms with van der Waals surface area (Å²) in [5.74, 6) is 1.01. The number of phenols is 1. The maximum Gasteiger partial charge on any atom is 0.238 e. The van der Waals surface area contributed by atoms with Crippen molar-refractivity contribution in [2.45, 2.75) is 13.2 Å². The Morgan fingerprint density at radius 2 is 1.50 bits per heavy atom. The van der Waals surface area contributed by atoms with Crippen LogP contribution < -0.4 is 15.2 Å². The van der Waals surface area contributed by atoms with E-state index in [1.807, 2.05) is 12.1 Å². The molecule has 0 aliphatic carbocycles. The van der Waals surface area contributed by atoms with E-state index < -0.39 is 6.29 Å². The number of phenolic OH excluding ortho intramolecular Hbond substituents is 1. The predicted octanol–water partition coefficient (Wildman–Crippen LogP) is 2.78. The standard InChI is InChI=1S/C14H15NO3/c1-10(17-13-8-4-2-6-11(13)15)18-14-9-5-3-7-12(14)16/h2-10,16H,15H2,1H3. The van der Waals surface area contributed by atoms with Crippen LogP contribution in [0.1, 0.15) is 6.92 Å². The normalized spacial score (nSPS) is 11.8. The number of aromatic hydroxyl groups is 1. The van der Waals surface area contributed by atoms with Crippen LogP contribution in [0.25, 0.3) is 0 Å². The van der Waals surface area contributed by atoms with Crippen molar-refractivity contribution in [1.29, 1.82) is 0 Å². The van der Waals surface area contributed by atoms with Gasteiger partial charge >= 0.3 is 0 Å². The Hall–Kier alpha value is -2.36. The molecule has 2 aromatic rings. The molecule has 0 amide bonds. The molecule has 2 aromatic carbocycles. The van der Waals surface area contributed by atoms with Crippen molar-refractivity contribution in [3.63, 3.8) is 0 Å². The summed E-state index contributed by atoms with van der Waals surface area (Å²) < 4.78 is 11.0. The molecule has 0 saturated heterocycles. The van der Waals surface area contributed by atoms with E-state index in [9.17, 15) is 5.11 Å². The number of benzene rings is 2. The van der Waals surface area contributed by atoms with Gasteiger partial charge in [-0.05, 0) is 24.3 Å². The van der Waals surface area contributed by atoms with Crippen LogP contribution in [-0.2, 0) is 0 Å². The minimum absolute atomic E-state index is 0.0778. The van der Waals surface area contributed by atoms with E-state index in [0.29, 0.717) is 17.2 Å². The summed E-state index contributed by atoms with van der Waals surface area (Å²) in [6.45, 7) is 1.74. The van der Waals surface area contributed by atoms with Gasteiger partial charge in [-0.3, -0.25) is 0 Å². The van der Waals surface area contributed by atoms with Gasteiger partial charge in [-0.2, -0.15) is 0 Å². The molecule has 0 aliphatic rings. The van der Waals surface area contributed by atoms with E-state index in [1.54, 1.807) is 43.3 Å². The lowest BCUT2D eigenvalue weighted by Gasteiger charge is -2.18. The number of rotatable bonds is 4. The molecule has 0 aliphatic heterocycles. The fraction of sp³-hybridized carbons (Fsp3) is 0.143. The summed E-state index contributed by atoms with van der Waals surface area (Å²) in [4.78, 5) is 0. The first-order valence-corrected chi connectivity index (χ1v) is 5.62. The molecular weight excluding hydrogens is 230 g/mol. The minimum Gasteiger partial charge on any atom is -0.504 e. The molecule has 0 spiro atoms. The Bertz CT molecular complexity index is 480. The zero-order valence-corrected chi connectivity index (χ0v) is 10.0. The molecule has 0 heterocycles. The highest BCUT2D eigenvalue weighted by molar-refractivity contribution is 5.51. The summed E-state index contributed by atoms with van der Waals surface area (Å²) in [6, 6.07) is 13.9. The molecule has 94 valence electrons. The van der Waals surface area contributed by atoms with Gasteiger partial charge in [-0.1, -0.05) is 24.3 Å². The van der Waals surface area contributed by atoms with E-state index >= 15 is 0 Å². The number of anilines is 1. The van der Waals surface area contributed by atoms with Crippen LogP contribution in [0.3, 0.4) is 0 Å². The second-order valence-corrected chi connectivity index (χ2v) is 3.81. The van der Waals surface area contributed by atoms with Crippen LogP contribution in [0.15, 0.2) is 48.5 Å². The van der Waals surface area contributed by atoms with E-state index in [1.165, 1.54) is 0 Å². The predicted molar refractivity (Wildman–Crippen MR) is 69.7 cm³/mol. The van der Waals surface area contributed by atoms with Crippen molar-refractivity contribution in [3.8, 4) is 17.2 Å². The SMILES string of the molecule is CC(Oc1ccccc1N)Oc1ccccc1O. The first kappa shape index (κ1) is 12.1. The number of ether oxygens (including phenoxy) is 2. The van der Waals surface area contributed by atoms with E-state index in [0.717, 1.165) is 0 Å². The lowest BCUT2D eigenvalue weighted by atomic mass is 10.3. The summed E-state index contributed by atoms with van der Waals surface area (Å²) in [5.41, 5.74) is 6.31. The summed E-state index contributed by atoms with van der Waals surface area (Å²) in [7, 11) is 0. The van der Waals surface area contributed by atoms with Crippen LogP contribution in [0.5, 0.6) is 17.2 Å². The van der Waals surface area contributed by atoms with E-state index in [2.05, 4.69) is 0 Å². The third-order valence-corrected chi connectivity index (χ3v) is 2.37. The van der Waals surface area contributed by atoms with Crippen LogP contribution in [0, 0.1) is 0 Å². The van der Waals surface area contributed by atoms with E-state index in [4.69, 9.17) is 15.2 Å². The summed E-state index contributed by atoms with van der Waals surface area (Å²) in [5, 5.41) is 9.57. The topological polar surface area (TPSA) is 64.7 Å². The monoisotopic (exact) mass is 245 g/mol. The van der Waals surface area contributed by atoms with Gasteiger partial charge < -0.3 is 20.3 Å². The van der Waals surface area contributed by atoms with Gasteiger partial charge in [0.1, 0.15) is 5.75 Å². The molecule has 3 N–H and O–H groups in total. The third-order valence-electron chi connectivity index (χ3n) is 2.37. The number of hydrogen-bond acceptors (Lipinski definition) is 4. The van der Waals surface area contributed by atoms with Gasteiger partial charge in [-0.25, -0.2) is 0 Å². The number of nitrogen functional groups attached to an aromatic ring is 1. The number of nitrogens with two attached hydrogens (primary N) is 1. The maximum atomic E-state index is 9.57. The van der Waals surface area contributed by atoms with Crippen molar-refractivity contribution < 1.29 is 14.6 Å². The van der Waals surface area contributed by atoms with Gasteiger partial charge in [0.15, 0.2) is 11.5 Å². The smallest absolute Gasteiger partial charge is 0.238 e. The average Bonchev–Trinajstić information content (AvgIpc) is 2.35. The molecule has 18 heavy (non-hydrogen) atoms. The van der Waals surface area contributed by atoms with Gasteiger partial charge in [0.2, 0.25) is 6.29 Å². The largest absolute Gasteiger partial charge is 0.504 e. The molecule has 1 atom stereocenters. The third kappa shape index (κ3) is 2.85. The van der Waals surface area contributed by atoms with Crippen molar-refractivity contribution in [2.24, 2.45) is 0 Å². The van der Waals surface area contributed by atoms with Crippen LogP contribution in [-0.4, -0.2) is 11.4 Å². The lowest BCUT2D eigenvalue weighted by molar-refractivity contribution is 0.0209. The van der Waals surface area contributed by atoms with Crippen LogP contribution >= 0.6 is 0 Å². The van der Waals surface area contributed by atoms with Crippen molar-refractivity contribution in [2.75, 3.05) is 5.73 Å². The van der Waals surface area contributed by atoms with E-state index in [-0.39, 0.29) is 5.75 Å². The zero-order valence-electron chi connectivity index (χ0n) is 10.0. The summed E-state index contributed by atoms with van der Waals surface area (Å²) >= 11 is 0. The molecule has 0 saturated carbocycles. The first-order chi connectivity index (χ1) is 8.66. The van der Waals surface area contributed by atoms with Crippen molar-refractivity contribution >= 4 is 5.69 Å². The second-order valence-electron chi connectivity index (χ2n) is 3.81. The maximum absolute atomic E-state index is 9.57. The number of para-hydroxylation sites is 4. The van der Waals surface area contributed by atoms with Crippen LogP contribution in [0.2, 0.25) is 0 Å². The highest BCUT2D eigenvalue weighted by Gasteiger charge is 2.09. The fourth-order valence-electron chi connectivity index (χ4n) is 1.53. The molecule has 0 fully saturated rings. The first-order valence-electron chi connectivity index (χ1n) is 5.62. The molecule has 1 unspecified atom stereocenters. The average molecular weight is 245 g/mol. The van der Waals surface area contributed by atoms with Gasteiger partial charge in [0, 0.05) is 6.92 Å². The zero-order chi connectivity index (χ0) is 13.0. The highest BCUT2D eigenvalue weighted by Crippen LogP contribution is 2.27. The lowest BCUT2D eigenvalue weighted by Crippen LogP contribution is -2.20. The molecule has 0 bridgehead atoms. The molecular formula is C14H15NO3. The summed E-state index contributed by atoms with van der Waals surface area (Å²) in [6.07, 6.45) is -0.553. The Balaban J connectivity index is 2.04. The second kappa shape index (κ2) is 5.31. The molecule has 4 nitrogen and oxygen atoms in total. The van der Waals surface area contributed by atoms with Crippen molar-refractivity contribution in [3.05, 3.63) is 48.5 Å². The Morgan fingerprint density at radius 3 is 2.17 bits per heavy atom. The molecule has 0 aromatic heterocycles. The Labute approximate surface area is 106 Å². The molecule has 0 radical (unpaired) electrons. The van der Waals surface area contributed by atoms with Gasteiger partial charge in [0.05, 0.1) is 5.69 Å². The fourth-order valence-corrected chi connectivity index (χ4v) is 1.53. The number of hydrogen-bond donors (Lipinski definition) is 2. The molecule has 4 heteroatoms. The molecule has 2 rings (SSSR count). The Kier molecular flexibility index (Phi) is 3.57. The highest BCUT2D eigenvalue weighted by atomic mass is 16.7. The Morgan fingerprint density at radius 1 is 0.944 bits per heavy atom. The van der Waals surface area contributed by atoms with Gasteiger partial charge in [-0.15, -0.1) is 0 Å².